The predicted molar refractivity (Wildman–Crippen MR) is 69.4 cm³/mol. The van der Waals surface area contributed by atoms with Crippen molar-refractivity contribution >= 4 is 5.91 Å². The van der Waals surface area contributed by atoms with E-state index in [0.717, 1.165) is 31.8 Å². The van der Waals surface area contributed by atoms with Crippen LogP contribution in [0, 0.1) is 0 Å². The van der Waals surface area contributed by atoms with Crippen LogP contribution in [0.25, 0.3) is 0 Å². The molecule has 1 unspecified atom stereocenters. The molecule has 1 aromatic heterocycles. The Morgan fingerprint density at radius 1 is 1.61 bits per heavy atom. The molecular weight excluding hydrogens is 230 g/mol. The Morgan fingerprint density at radius 2 is 2.50 bits per heavy atom. The van der Waals surface area contributed by atoms with Gasteiger partial charge >= 0.3 is 0 Å². The van der Waals surface area contributed by atoms with Crippen LogP contribution in [0.15, 0.2) is 18.3 Å². The summed E-state index contributed by atoms with van der Waals surface area (Å²) in [5.41, 5.74) is 1.16. The number of hydrogen-bond acceptors (Lipinski definition) is 3. The molecule has 2 heterocycles. The number of carbonyl (C=O) groups is 1. The third-order valence-corrected chi connectivity index (χ3v) is 3.22. The van der Waals surface area contributed by atoms with E-state index in [-0.39, 0.29) is 11.9 Å². The van der Waals surface area contributed by atoms with E-state index in [9.17, 15) is 4.79 Å². The normalized spacial score (nSPS) is 19.7. The number of aromatic amines is 1. The van der Waals surface area contributed by atoms with Crippen LogP contribution in [0.4, 0.5) is 0 Å². The molecule has 2 rings (SSSR count). The summed E-state index contributed by atoms with van der Waals surface area (Å²) in [6, 6.07) is 4.18. The maximum Gasteiger partial charge on any atom is 0.223 e. The number of H-pyrrole nitrogens is 1. The van der Waals surface area contributed by atoms with Crippen molar-refractivity contribution < 1.29 is 9.53 Å². The Morgan fingerprint density at radius 3 is 3.17 bits per heavy atom. The van der Waals surface area contributed by atoms with Gasteiger partial charge in [0.05, 0.1) is 13.2 Å². The number of hydrogen-bond donors (Lipinski definition) is 2. The largest absolute Gasteiger partial charge is 0.378 e. The summed E-state index contributed by atoms with van der Waals surface area (Å²) >= 11 is 0. The Balaban J connectivity index is 1.70. The second kappa shape index (κ2) is 6.56. The average molecular weight is 251 g/mol. The van der Waals surface area contributed by atoms with Gasteiger partial charge in [0.1, 0.15) is 0 Å². The van der Waals surface area contributed by atoms with Crippen LogP contribution in [-0.4, -0.2) is 55.2 Å². The van der Waals surface area contributed by atoms with Crippen molar-refractivity contribution in [2.45, 2.75) is 18.9 Å². The minimum atomic E-state index is 0.166. The van der Waals surface area contributed by atoms with Gasteiger partial charge in [-0.2, -0.15) is 0 Å². The highest BCUT2D eigenvalue weighted by atomic mass is 16.5. The molecule has 1 amide bonds. The molecule has 1 aliphatic heterocycles. The first kappa shape index (κ1) is 13.1. The molecule has 100 valence electrons. The van der Waals surface area contributed by atoms with Gasteiger partial charge in [0.15, 0.2) is 0 Å². The van der Waals surface area contributed by atoms with Crippen molar-refractivity contribution in [2.24, 2.45) is 0 Å². The summed E-state index contributed by atoms with van der Waals surface area (Å²) in [4.78, 5) is 16.9. The van der Waals surface area contributed by atoms with Crippen LogP contribution in [0.1, 0.15) is 12.1 Å². The van der Waals surface area contributed by atoms with Crippen LogP contribution in [-0.2, 0) is 16.0 Å². The highest BCUT2D eigenvalue weighted by Crippen LogP contribution is 2.03. The minimum Gasteiger partial charge on any atom is -0.378 e. The summed E-state index contributed by atoms with van der Waals surface area (Å²) in [6.45, 7) is 2.96. The maximum atomic E-state index is 12.0. The lowest BCUT2D eigenvalue weighted by molar-refractivity contribution is -0.131. The highest BCUT2D eigenvalue weighted by molar-refractivity contribution is 5.76. The van der Waals surface area contributed by atoms with Gasteiger partial charge < -0.3 is 19.9 Å². The van der Waals surface area contributed by atoms with E-state index < -0.39 is 0 Å². The first-order valence-electron chi connectivity index (χ1n) is 6.43. The summed E-state index contributed by atoms with van der Waals surface area (Å²) < 4.78 is 5.34. The first-order valence-corrected chi connectivity index (χ1v) is 6.43. The number of morpholine rings is 1. The van der Waals surface area contributed by atoms with E-state index in [1.165, 1.54) is 0 Å². The van der Waals surface area contributed by atoms with Crippen molar-refractivity contribution in [3.8, 4) is 0 Å². The zero-order valence-corrected chi connectivity index (χ0v) is 10.8. The number of ether oxygens (including phenoxy) is 1. The molecule has 0 saturated carbocycles. The summed E-state index contributed by atoms with van der Waals surface area (Å²) in [5.74, 6) is 0.171. The standard InChI is InChI=1S/C13H21N3O2/c1-16(7-4-11-3-2-5-14-11)13(17)9-12-10-18-8-6-15-12/h2-3,5,12,14-15H,4,6-10H2,1H3. The van der Waals surface area contributed by atoms with Crippen LogP contribution >= 0.6 is 0 Å². The molecule has 0 radical (unpaired) electrons. The van der Waals surface area contributed by atoms with E-state index in [2.05, 4.69) is 10.3 Å². The molecule has 5 heteroatoms. The third-order valence-electron chi connectivity index (χ3n) is 3.22. The van der Waals surface area contributed by atoms with Crippen LogP contribution < -0.4 is 5.32 Å². The number of carbonyl (C=O) groups excluding carboxylic acids is 1. The lowest BCUT2D eigenvalue weighted by Gasteiger charge is -2.25. The van der Waals surface area contributed by atoms with Crippen molar-refractivity contribution in [1.82, 2.24) is 15.2 Å². The topological polar surface area (TPSA) is 57.4 Å². The number of likely N-dealkylation sites (N-methyl/N-ethyl adjacent to an activating group) is 1. The summed E-state index contributed by atoms with van der Waals surface area (Å²) in [7, 11) is 1.86. The van der Waals surface area contributed by atoms with E-state index in [0.29, 0.717) is 13.0 Å². The molecule has 1 aromatic rings. The fourth-order valence-corrected chi connectivity index (χ4v) is 2.05. The van der Waals surface area contributed by atoms with Crippen molar-refractivity contribution in [3.05, 3.63) is 24.0 Å². The molecule has 0 aromatic carbocycles. The van der Waals surface area contributed by atoms with Crippen LogP contribution in [0.3, 0.4) is 0 Å². The molecule has 0 bridgehead atoms. The van der Waals surface area contributed by atoms with Crippen molar-refractivity contribution in [1.29, 1.82) is 0 Å². The lowest BCUT2D eigenvalue weighted by atomic mass is 10.2. The van der Waals surface area contributed by atoms with E-state index >= 15 is 0 Å². The van der Waals surface area contributed by atoms with Gasteiger partial charge in [-0.3, -0.25) is 4.79 Å². The number of aromatic nitrogens is 1. The molecular formula is C13H21N3O2. The van der Waals surface area contributed by atoms with Crippen molar-refractivity contribution in [3.63, 3.8) is 0 Å². The quantitative estimate of drug-likeness (QED) is 0.796. The van der Waals surface area contributed by atoms with Gasteiger partial charge in [0.25, 0.3) is 0 Å². The first-order chi connectivity index (χ1) is 8.75. The van der Waals surface area contributed by atoms with E-state index in [1.54, 1.807) is 4.90 Å². The number of nitrogens with zero attached hydrogens (tertiary/aromatic N) is 1. The monoisotopic (exact) mass is 251 g/mol. The average Bonchev–Trinajstić information content (AvgIpc) is 2.90. The molecule has 0 aliphatic carbocycles. The van der Waals surface area contributed by atoms with Gasteiger partial charge in [-0.1, -0.05) is 0 Å². The minimum absolute atomic E-state index is 0.166. The second-order valence-electron chi connectivity index (χ2n) is 4.69. The Kier molecular flexibility index (Phi) is 4.78. The molecule has 1 aliphatic rings. The zero-order valence-electron chi connectivity index (χ0n) is 10.8. The molecule has 2 N–H and O–H groups in total. The predicted octanol–water partition coefficient (Wildman–Crippen LogP) is 0.394. The SMILES string of the molecule is CN(CCc1ccc[nH]1)C(=O)CC1COCCN1. The molecule has 5 nitrogen and oxygen atoms in total. The summed E-state index contributed by atoms with van der Waals surface area (Å²) in [6.07, 6.45) is 3.28. The fourth-order valence-electron chi connectivity index (χ4n) is 2.05. The van der Waals surface area contributed by atoms with Gasteiger partial charge in [0.2, 0.25) is 5.91 Å². The maximum absolute atomic E-state index is 12.0. The molecule has 1 fully saturated rings. The van der Waals surface area contributed by atoms with Crippen LogP contribution in [0.5, 0.6) is 0 Å². The number of amides is 1. The van der Waals surface area contributed by atoms with Crippen LogP contribution in [0.2, 0.25) is 0 Å². The third kappa shape index (κ3) is 3.85. The lowest BCUT2D eigenvalue weighted by Crippen LogP contribution is -2.44. The van der Waals surface area contributed by atoms with Gasteiger partial charge in [0, 0.05) is 50.9 Å². The number of rotatable bonds is 5. The highest BCUT2D eigenvalue weighted by Gasteiger charge is 2.19. The van der Waals surface area contributed by atoms with E-state index in [1.807, 2.05) is 25.4 Å². The zero-order chi connectivity index (χ0) is 12.8. The van der Waals surface area contributed by atoms with Crippen molar-refractivity contribution in [2.75, 3.05) is 33.4 Å². The molecule has 18 heavy (non-hydrogen) atoms. The van der Waals surface area contributed by atoms with Gasteiger partial charge in [-0.25, -0.2) is 0 Å². The summed E-state index contributed by atoms with van der Waals surface area (Å²) in [5, 5.41) is 3.30. The Bertz CT molecular complexity index is 358. The second-order valence-corrected chi connectivity index (χ2v) is 4.69. The van der Waals surface area contributed by atoms with Gasteiger partial charge in [-0.15, -0.1) is 0 Å². The smallest absolute Gasteiger partial charge is 0.223 e. The Hall–Kier alpha value is -1.33. The van der Waals surface area contributed by atoms with E-state index in [4.69, 9.17) is 4.74 Å². The van der Waals surface area contributed by atoms with Gasteiger partial charge in [-0.05, 0) is 12.1 Å². The molecule has 0 spiro atoms. The molecule has 1 atom stereocenters. The fraction of sp³-hybridized carbons (Fsp3) is 0.615. The number of nitrogens with one attached hydrogen (secondary N) is 2. The Labute approximate surface area is 108 Å². The molecule has 1 saturated heterocycles.